The van der Waals surface area contributed by atoms with Crippen LogP contribution >= 0.6 is 0 Å². The highest BCUT2D eigenvalue weighted by molar-refractivity contribution is 5.65. The van der Waals surface area contributed by atoms with Gasteiger partial charge in [-0.1, -0.05) is 30.3 Å². The van der Waals surface area contributed by atoms with E-state index in [1.165, 1.54) is 5.56 Å². The number of hydrogen-bond donors (Lipinski definition) is 0. The molecule has 1 unspecified atom stereocenters. The second-order valence-electron chi connectivity index (χ2n) is 5.00. The van der Waals surface area contributed by atoms with Gasteiger partial charge in [0.2, 0.25) is 0 Å². The Morgan fingerprint density at radius 3 is 2.65 bits per heavy atom. The lowest BCUT2D eigenvalue weighted by Crippen LogP contribution is -2.21. The van der Waals surface area contributed by atoms with Crippen LogP contribution in [0.5, 0.6) is 0 Å². The molecule has 0 N–H and O–H groups in total. The van der Waals surface area contributed by atoms with Crippen LogP contribution in [-0.4, -0.2) is 18.0 Å². The number of non-ortho nitro benzene ring substituents is 1. The Hall–Kier alpha value is -2.36. The van der Waals surface area contributed by atoms with Crippen molar-refractivity contribution in [1.82, 2.24) is 0 Å². The number of benzene rings is 2. The number of nitrogens with zero attached hydrogens (tertiary/aromatic N) is 2. The third-order valence-electron chi connectivity index (χ3n) is 3.92. The molecule has 0 aliphatic carbocycles. The quantitative estimate of drug-likeness (QED) is 0.631. The average Bonchev–Trinajstić information content (AvgIpc) is 2.86. The Morgan fingerprint density at radius 1 is 1.25 bits per heavy atom. The predicted molar refractivity (Wildman–Crippen MR) is 79.3 cm³/mol. The number of anilines is 1. The smallest absolute Gasteiger partial charge is 0.269 e. The van der Waals surface area contributed by atoms with Gasteiger partial charge in [-0.2, -0.15) is 0 Å². The maximum absolute atomic E-state index is 11.0. The Kier molecular flexibility index (Phi) is 3.14. The molecule has 102 valence electrons. The van der Waals surface area contributed by atoms with Gasteiger partial charge in [-0.3, -0.25) is 10.1 Å². The van der Waals surface area contributed by atoms with E-state index >= 15 is 0 Å². The maximum atomic E-state index is 11.0. The zero-order valence-electron chi connectivity index (χ0n) is 11.3. The zero-order valence-corrected chi connectivity index (χ0v) is 11.3. The number of fused-ring (bicyclic) bond motifs is 1. The minimum absolute atomic E-state index is 0.169. The molecular formula is C16H16N2O2. The first-order valence-corrected chi connectivity index (χ1v) is 6.79. The first-order valence-electron chi connectivity index (χ1n) is 6.79. The fourth-order valence-corrected chi connectivity index (χ4v) is 2.91. The normalized spacial score (nSPS) is 17.1. The fraction of sp³-hybridized carbons (Fsp3) is 0.250. The highest BCUT2D eigenvalue weighted by Gasteiger charge is 2.30. The van der Waals surface area contributed by atoms with Gasteiger partial charge in [0.15, 0.2) is 0 Å². The molecule has 2 aromatic carbocycles. The minimum Gasteiger partial charge on any atom is -0.371 e. The summed E-state index contributed by atoms with van der Waals surface area (Å²) in [6.07, 6.45) is 0. The highest BCUT2D eigenvalue weighted by atomic mass is 16.6. The van der Waals surface area contributed by atoms with Gasteiger partial charge in [0, 0.05) is 36.8 Å². The molecule has 2 aromatic rings. The van der Waals surface area contributed by atoms with Gasteiger partial charge in [-0.05, 0) is 24.1 Å². The van der Waals surface area contributed by atoms with Crippen molar-refractivity contribution < 1.29 is 4.92 Å². The largest absolute Gasteiger partial charge is 0.371 e. The lowest BCUT2D eigenvalue weighted by Gasteiger charge is -2.17. The second kappa shape index (κ2) is 4.96. The summed E-state index contributed by atoms with van der Waals surface area (Å²) in [4.78, 5) is 12.9. The van der Waals surface area contributed by atoms with Crippen molar-refractivity contribution in [2.75, 3.05) is 18.0 Å². The van der Waals surface area contributed by atoms with E-state index in [0.29, 0.717) is 0 Å². The highest BCUT2D eigenvalue weighted by Crippen LogP contribution is 2.41. The topological polar surface area (TPSA) is 46.4 Å². The predicted octanol–water partition coefficient (Wildman–Crippen LogP) is 3.57. The average molecular weight is 268 g/mol. The zero-order chi connectivity index (χ0) is 14.1. The summed E-state index contributed by atoms with van der Waals surface area (Å²) in [5, 5.41) is 11.0. The monoisotopic (exact) mass is 268 g/mol. The van der Waals surface area contributed by atoms with E-state index in [4.69, 9.17) is 0 Å². The summed E-state index contributed by atoms with van der Waals surface area (Å²) in [6, 6.07) is 15.4. The summed E-state index contributed by atoms with van der Waals surface area (Å²) in [5.74, 6) is 0.214. The Balaban J connectivity index is 2.09. The standard InChI is InChI=1S/C16H16N2O2/c1-2-17-11-15(12-6-4-3-5-7-12)14-10-13(18(19)20)8-9-16(14)17/h3-10,15H,2,11H2,1H3. The fourth-order valence-electron chi connectivity index (χ4n) is 2.91. The first-order chi connectivity index (χ1) is 9.70. The van der Waals surface area contributed by atoms with Crippen molar-refractivity contribution in [2.24, 2.45) is 0 Å². The molecule has 3 rings (SSSR count). The van der Waals surface area contributed by atoms with Crippen LogP contribution in [0.3, 0.4) is 0 Å². The van der Waals surface area contributed by atoms with Crippen molar-refractivity contribution in [3.05, 3.63) is 69.8 Å². The molecule has 4 nitrogen and oxygen atoms in total. The summed E-state index contributed by atoms with van der Waals surface area (Å²) >= 11 is 0. The number of nitro benzene ring substituents is 1. The summed E-state index contributed by atoms with van der Waals surface area (Å²) in [6.45, 7) is 3.91. The van der Waals surface area contributed by atoms with Crippen molar-refractivity contribution in [1.29, 1.82) is 0 Å². The molecule has 1 atom stereocenters. The van der Waals surface area contributed by atoms with Crippen LogP contribution in [-0.2, 0) is 0 Å². The SMILES string of the molecule is CCN1CC(c2ccccc2)c2cc([N+](=O)[O-])ccc21. The van der Waals surface area contributed by atoms with E-state index in [0.717, 1.165) is 24.3 Å². The number of hydrogen-bond acceptors (Lipinski definition) is 3. The van der Waals surface area contributed by atoms with Crippen LogP contribution in [0.4, 0.5) is 11.4 Å². The molecule has 20 heavy (non-hydrogen) atoms. The number of rotatable bonds is 3. The van der Waals surface area contributed by atoms with E-state index in [1.807, 2.05) is 24.3 Å². The van der Waals surface area contributed by atoms with Crippen molar-refractivity contribution in [2.45, 2.75) is 12.8 Å². The molecular weight excluding hydrogens is 252 g/mol. The molecule has 0 saturated heterocycles. The van der Waals surface area contributed by atoms with Crippen LogP contribution in [0, 0.1) is 10.1 Å². The molecule has 0 radical (unpaired) electrons. The summed E-state index contributed by atoms with van der Waals surface area (Å²) in [7, 11) is 0. The van der Waals surface area contributed by atoms with Crippen LogP contribution in [0.2, 0.25) is 0 Å². The lowest BCUT2D eigenvalue weighted by molar-refractivity contribution is -0.384. The molecule has 1 heterocycles. The second-order valence-corrected chi connectivity index (χ2v) is 5.00. The van der Waals surface area contributed by atoms with Gasteiger partial charge < -0.3 is 4.90 Å². The summed E-state index contributed by atoms with van der Waals surface area (Å²) < 4.78 is 0. The van der Waals surface area contributed by atoms with E-state index in [9.17, 15) is 10.1 Å². The van der Waals surface area contributed by atoms with Gasteiger partial charge in [0.25, 0.3) is 5.69 Å². The first kappa shape index (κ1) is 12.7. The van der Waals surface area contributed by atoms with Gasteiger partial charge in [0.1, 0.15) is 0 Å². The van der Waals surface area contributed by atoms with Gasteiger partial charge in [0.05, 0.1) is 4.92 Å². The molecule has 4 heteroatoms. The third kappa shape index (κ3) is 2.03. The van der Waals surface area contributed by atoms with E-state index < -0.39 is 0 Å². The molecule has 1 aliphatic rings. The van der Waals surface area contributed by atoms with Gasteiger partial charge in [-0.15, -0.1) is 0 Å². The van der Waals surface area contributed by atoms with Gasteiger partial charge >= 0.3 is 0 Å². The third-order valence-corrected chi connectivity index (χ3v) is 3.92. The lowest BCUT2D eigenvalue weighted by atomic mass is 9.93. The maximum Gasteiger partial charge on any atom is 0.269 e. The Labute approximate surface area is 117 Å². The Morgan fingerprint density at radius 2 is 2.00 bits per heavy atom. The van der Waals surface area contributed by atoms with E-state index in [-0.39, 0.29) is 16.5 Å². The van der Waals surface area contributed by atoms with Crippen LogP contribution in [0.25, 0.3) is 0 Å². The summed E-state index contributed by atoms with van der Waals surface area (Å²) in [5.41, 5.74) is 3.56. The van der Waals surface area contributed by atoms with E-state index in [2.05, 4.69) is 24.0 Å². The molecule has 1 aliphatic heterocycles. The van der Waals surface area contributed by atoms with Crippen LogP contribution in [0.1, 0.15) is 24.0 Å². The van der Waals surface area contributed by atoms with Crippen LogP contribution < -0.4 is 4.90 Å². The number of likely N-dealkylation sites (N-methyl/N-ethyl adjacent to an activating group) is 1. The van der Waals surface area contributed by atoms with Crippen LogP contribution in [0.15, 0.2) is 48.5 Å². The molecule has 0 spiro atoms. The minimum atomic E-state index is -0.322. The molecule has 0 saturated carbocycles. The molecule has 0 fully saturated rings. The molecule has 0 bridgehead atoms. The number of nitro groups is 1. The van der Waals surface area contributed by atoms with Crippen molar-refractivity contribution in [3.63, 3.8) is 0 Å². The van der Waals surface area contributed by atoms with Crippen molar-refractivity contribution in [3.8, 4) is 0 Å². The molecule has 0 amide bonds. The Bertz CT molecular complexity index is 640. The van der Waals surface area contributed by atoms with Gasteiger partial charge in [-0.25, -0.2) is 0 Å². The molecule has 0 aromatic heterocycles. The van der Waals surface area contributed by atoms with E-state index in [1.54, 1.807) is 12.1 Å². The van der Waals surface area contributed by atoms with Crippen molar-refractivity contribution >= 4 is 11.4 Å².